The topological polar surface area (TPSA) is 79.5 Å². The number of hydrogen-bond donors (Lipinski definition) is 2. The fraction of sp³-hybridized carbons (Fsp3) is 0.625. The molecule has 1 heterocycles. The predicted octanol–water partition coefficient (Wildman–Crippen LogP) is 3.24. The highest BCUT2D eigenvalue weighted by Gasteiger charge is 2.24. The number of nitrogens with one attached hydrogen (secondary N) is 1. The van der Waals surface area contributed by atoms with Gasteiger partial charge in [-0.3, -0.25) is 4.79 Å². The van der Waals surface area contributed by atoms with E-state index >= 15 is 0 Å². The summed E-state index contributed by atoms with van der Waals surface area (Å²) in [6, 6.07) is 0.712. The number of aryl methyl sites for hydroxylation is 1. The molecule has 21 heavy (non-hydrogen) atoms. The van der Waals surface area contributed by atoms with Gasteiger partial charge in [0.05, 0.1) is 11.8 Å². The first-order chi connectivity index (χ1) is 9.74. The van der Waals surface area contributed by atoms with Gasteiger partial charge in [-0.25, -0.2) is 4.79 Å². The van der Waals surface area contributed by atoms with Gasteiger partial charge in [0.2, 0.25) is 0 Å². The first-order valence-electron chi connectivity index (χ1n) is 7.34. The second-order valence-electron chi connectivity index (χ2n) is 6.47. The monoisotopic (exact) mass is 295 g/mol. The second-order valence-corrected chi connectivity index (χ2v) is 6.47. The third-order valence-corrected chi connectivity index (χ3v) is 3.25. The minimum absolute atomic E-state index is 0.0292. The molecule has 0 aliphatic carbocycles. The van der Waals surface area contributed by atoms with Crippen LogP contribution >= 0.6 is 0 Å². The molecule has 0 saturated heterocycles. The van der Waals surface area contributed by atoms with Gasteiger partial charge in [0.15, 0.2) is 0 Å². The number of furan rings is 1. The Hall–Kier alpha value is -1.78. The van der Waals surface area contributed by atoms with Crippen LogP contribution in [0.15, 0.2) is 16.7 Å². The number of carbonyl (C=O) groups is 2. The van der Waals surface area contributed by atoms with Gasteiger partial charge in [-0.1, -0.05) is 27.7 Å². The third kappa shape index (κ3) is 5.61. The molecule has 0 radical (unpaired) electrons. The summed E-state index contributed by atoms with van der Waals surface area (Å²) in [5.74, 6) is -0.781. The van der Waals surface area contributed by atoms with Crippen molar-refractivity contribution < 1.29 is 19.1 Å². The fourth-order valence-corrected chi connectivity index (χ4v) is 2.03. The molecule has 5 heteroatoms. The van der Waals surface area contributed by atoms with Crippen molar-refractivity contribution in [3.8, 4) is 0 Å². The maximum atomic E-state index is 12.2. The standard InChI is InChI=1S/C16H25NO4/c1-5-6-13-11(8-10-21-13)14(18)17-12(15(19)20)7-9-16(2,3)4/h8,10,12H,5-7,9H2,1-4H3,(H,17,18)(H,19,20). The van der Waals surface area contributed by atoms with Gasteiger partial charge in [0.25, 0.3) is 5.91 Å². The van der Waals surface area contributed by atoms with Gasteiger partial charge >= 0.3 is 5.97 Å². The van der Waals surface area contributed by atoms with Crippen molar-refractivity contribution in [3.05, 3.63) is 23.7 Å². The maximum absolute atomic E-state index is 12.2. The first kappa shape index (κ1) is 17.3. The molecule has 1 amide bonds. The second kappa shape index (κ2) is 7.29. The van der Waals surface area contributed by atoms with E-state index in [2.05, 4.69) is 5.32 Å². The minimum Gasteiger partial charge on any atom is -0.480 e. The molecule has 0 aliphatic heterocycles. The average Bonchev–Trinajstić information content (AvgIpc) is 2.81. The highest BCUT2D eigenvalue weighted by molar-refractivity contribution is 5.97. The molecule has 1 rings (SSSR count). The lowest BCUT2D eigenvalue weighted by Crippen LogP contribution is -2.41. The van der Waals surface area contributed by atoms with Crippen molar-refractivity contribution in [1.29, 1.82) is 0 Å². The number of rotatable bonds is 7. The van der Waals surface area contributed by atoms with Crippen LogP contribution in [0.3, 0.4) is 0 Å². The quantitative estimate of drug-likeness (QED) is 0.809. The zero-order valence-electron chi connectivity index (χ0n) is 13.2. The first-order valence-corrected chi connectivity index (χ1v) is 7.34. The number of aliphatic carboxylic acids is 1. The molecule has 0 saturated carbocycles. The molecular formula is C16H25NO4. The third-order valence-electron chi connectivity index (χ3n) is 3.25. The number of carboxylic acids is 1. The van der Waals surface area contributed by atoms with E-state index in [1.165, 1.54) is 6.26 Å². The molecule has 5 nitrogen and oxygen atoms in total. The molecule has 1 aromatic rings. The zero-order valence-corrected chi connectivity index (χ0v) is 13.2. The highest BCUT2D eigenvalue weighted by atomic mass is 16.4. The Morgan fingerprint density at radius 3 is 2.57 bits per heavy atom. The number of carbonyl (C=O) groups excluding carboxylic acids is 1. The van der Waals surface area contributed by atoms with Crippen molar-refractivity contribution >= 4 is 11.9 Å². The number of carboxylic acid groups (broad SMARTS) is 1. The van der Waals surface area contributed by atoms with E-state index in [0.717, 1.165) is 12.8 Å². The van der Waals surface area contributed by atoms with E-state index in [1.807, 2.05) is 27.7 Å². The summed E-state index contributed by atoms with van der Waals surface area (Å²) in [7, 11) is 0. The Bertz CT molecular complexity index is 485. The molecule has 0 aliphatic rings. The van der Waals surface area contributed by atoms with Crippen LogP contribution in [-0.4, -0.2) is 23.0 Å². The van der Waals surface area contributed by atoms with Crippen LogP contribution < -0.4 is 5.32 Å². The summed E-state index contributed by atoms with van der Waals surface area (Å²) in [5.41, 5.74) is 0.459. The van der Waals surface area contributed by atoms with Crippen molar-refractivity contribution in [1.82, 2.24) is 5.32 Å². The molecule has 2 N–H and O–H groups in total. The van der Waals surface area contributed by atoms with Gasteiger partial charge in [0.1, 0.15) is 11.8 Å². The lowest BCUT2D eigenvalue weighted by molar-refractivity contribution is -0.139. The van der Waals surface area contributed by atoms with E-state index in [1.54, 1.807) is 6.07 Å². The summed E-state index contributed by atoms with van der Waals surface area (Å²) >= 11 is 0. The van der Waals surface area contributed by atoms with Crippen LogP contribution in [-0.2, 0) is 11.2 Å². The van der Waals surface area contributed by atoms with Gasteiger partial charge in [-0.05, 0) is 30.7 Å². The normalized spacial score (nSPS) is 13.0. The molecule has 0 bridgehead atoms. The Kier molecular flexibility index (Phi) is 6.00. The predicted molar refractivity (Wildman–Crippen MR) is 80.3 cm³/mol. The Morgan fingerprint density at radius 1 is 1.38 bits per heavy atom. The summed E-state index contributed by atoms with van der Waals surface area (Å²) in [6.07, 6.45) is 4.11. The number of amides is 1. The zero-order chi connectivity index (χ0) is 16.0. The van der Waals surface area contributed by atoms with Crippen LogP contribution in [0.5, 0.6) is 0 Å². The SMILES string of the molecule is CCCc1occc1C(=O)NC(CCC(C)(C)C)C(=O)O. The summed E-state index contributed by atoms with van der Waals surface area (Å²) < 4.78 is 5.27. The van der Waals surface area contributed by atoms with E-state index in [-0.39, 0.29) is 11.3 Å². The van der Waals surface area contributed by atoms with Gasteiger partial charge in [-0.2, -0.15) is 0 Å². The molecule has 1 aromatic heterocycles. The average molecular weight is 295 g/mol. The summed E-state index contributed by atoms with van der Waals surface area (Å²) in [5, 5.41) is 11.8. The van der Waals surface area contributed by atoms with Crippen LogP contribution in [0, 0.1) is 5.41 Å². The highest BCUT2D eigenvalue weighted by Crippen LogP contribution is 2.22. The number of hydrogen-bond acceptors (Lipinski definition) is 3. The lowest BCUT2D eigenvalue weighted by Gasteiger charge is -2.21. The molecule has 118 valence electrons. The van der Waals surface area contributed by atoms with Crippen LogP contribution in [0.25, 0.3) is 0 Å². The van der Waals surface area contributed by atoms with Crippen molar-refractivity contribution in [2.45, 2.75) is 59.4 Å². The van der Waals surface area contributed by atoms with E-state index in [9.17, 15) is 14.7 Å². The molecule has 1 unspecified atom stereocenters. The molecule has 0 aromatic carbocycles. The molecule has 0 spiro atoms. The van der Waals surface area contributed by atoms with Crippen LogP contribution in [0.1, 0.15) is 63.1 Å². The van der Waals surface area contributed by atoms with Crippen LogP contribution in [0.4, 0.5) is 0 Å². The van der Waals surface area contributed by atoms with Crippen molar-refractivity contribution in [2.24, 2.45) is 5.41 Å². The van der Waals surface area contributed by atoms with E-state index < -0.39 is 12.0 Å². The summed E-state index contributed by atoms with van der Waals surface area (Å²) in [4.78, 5) is 23.5. The van der Waals surface area contributed by atoms with Crippen molar-refractivity contribution in [3.63, 3.8) is 0 Å². The smallest absolute Gasteiger partial charge is 0.326 e. The fourth-order valence-electron chi connectivity index (χ4n) is 2.03. The van der Waals surface area contributed by atoms with Gasteiger partial charge < -0.3 is 14.8 Å². The van der Waals surface area contributed by atoms with E-state index in [4.69, 9.17) is 4.42 Å². The molecular weight excluding hydrogens is 270 g/mol. The van der Waals surface area contributed by atoms with E-state index in [0.29, 0.717) is 24.2 Å². The maximum Gasteiger partial charge on any atom is 0.326 e. The summed E-state index contributed by atoms with van der Waals surface area (Å²) in [6.45, 7) is 8.13. The molecule has 1 atom stereocenters. The van der Waals surface area contributed by atoms with Gasteiger partial charge in [0, 0.05) is 6.42 Å². The van der Waals surface area contributed by atoms with Gasteiger partial charge in [-0.15, -0.1) is 0 Å². The minimum atomic E-state index is -1.01. The molecule has 0 fully saturated rings. The Labute approximate surface area is 125 Å². The Morgan fingerprint density at radius 2 is 2.05 bits per heavy atom. The van der Waals surface area contributed by atoms with Crippen LogP contribution in [0.2, 0.25) is 0 Å². The largest absolute Gasteiger partial charge is 0.480 e. The Balaban J connectivity index is 2.72. The lowest BCUT2D eigenvalue weighted by atomic mass is 9.88. The van der Waals surface area contributed by atoms with Crippen molar-refractivity contribution in [2.75, 3.05) is 0 Å².